The summed E-state index contributed by atoms with van der Waals surface area (Å²) in [5, 5.41) is 0. The summed E-state index contributed by atoms with van der Waals surface area (Å²) < 4.78 is 34.5. The first-order valence-corrected chi connectivity index (χ1v) is 29.2. The smallest absolute Gasteiger partial charge is 0.462 e. The van der Waals surface area contributed by atoms with Crippen LogP contribution in [0.5, 0.6) is 0 Å². The number of hydrogen-bond donors (Lipinski definition) is 1. The number of esters is 2. The molecule has 9 nitrogen and oxygen atoms in total. The summed E-state index contributed by atoms with van der Waals surface area (Å²) >= 11 is 0. The number of carbonyl (C=O) groups excluding carboxylic acids is 2. The van der Waals surface area contributed by atoms with Gasteiger partial charge in [-0.15, -0.1) is 0 Å². The van der Waals surface area contributed by atoms with E-state index in [1.165, 1.54) is 109 Å². The van der Waals surface area contributed by atoms with Gasteiger partial charge in [0.1, 0.15) is 19.8 Å². The van der Waals surface area contributed by atoms with Crippen LogP contribution in [-0.2, 0) is 32.7 Å². The molecule has 0 aromatic rings. The van der Waals surface area contributed by atoms with Crippen LogP contribution in [-0.4, -0.2) is 74.9 Å². The highest BCUT2D eigenvalue weighted by atomic mass is 31.2. The van der Waals surface area contributed by atoms with Gasteiger partial charge in [-0.3, -0.25) is 18.6 Å². The molecular formula is C58H105NO8P+. The van der Waals surface area contributed by atoms with Crippen molar-refractivity contribution in [3.05, 3.63) is 72.9 Å². The van der Waals surface area contributed by atoms with Gasteiger partial charge in [0.25, 0.3) is 0 Å². The third-order valence-corrected chi connectivity index (χ3v) is 12.7. The van der Waals surface area contributed by atoms with Crippen LogP contribution in [0.15, 0.2) is 72.9 Å². The van der Waals surface area contributed by atoms with E-state index < -0.39 is 26.5 Å². The molecule has 0 spiro atoms. The number of nitrogens with zero attached hydrogens (tertiary/aromatic N) is 1. The van der Waals surface area contributed by atoms with Crippen LogP contribution < -0.4 is 0 Å². The molecule has 0 fully saturated rings. The molecule has 0 saturated carbocycles. The van der Waals surface area contributed by atoms with Crippen LogP contribution in [0.3, 0.4) is 0 Å². The summed E-state index contributed by atoms with van der Waals surface area (Å²) in [5.41, 5.74) is 0. The lowest BCUT2D eigenvalue weighted by Crippen LogP contribution is -2.37. The van der Waals surface area contributed by atoms with Gasteiger partial charge in [0.15, 0.2) is 6.10 Å². The van der Waals surface area contributed by atoms with Gasteiger partial charge in [0.2, 0.25) is 0 Å². The molecule has 0 heterocycles. The quantitative estimate of drug-likeness (QED) is 0.0211. The van der Waals surface area contributed by atoms with Gasteiger partial charge in [-0.25, -0.2) is 4.57 Å². The molecular weight excluding hydrogens is 870 g/mol. The summed E-state index contributed by atoms with van der Waals surface area (Å²) in [6.07, 6.45) is 63.9. The van der Waals surface area contributed by atoms with Crippen molar-refractivity contribution < 1.29 is 42.1 Å². The summed E-state index contributed by atoms with van der Waals surface area (Å²) in [6.45, 7) is 4.30. The van der Waals surface area contributed by atoms with Gasteiger partial charge < -0.3 is 18.9 Å². The van der Waals surface area contributed by atoms with Crippen LogP contribution in [0.4, 0.5) is 0 Å². The maximum absolute atomic E-state index is 12.8. The number of ether oxygens (including phenoxy) is 2. The topological polar surface area (TPSA) is 108 Å². The van der Waals surface area contributed by atoms with Crippen LogP contribution in [0, 0.1) is 0 Å². The molecule has 0 aliphatic rings. The minimum atomic E-state index is -4.39. The van der Waals surface area contributed by atoms with E-state index in [9.17, 15) is 19.0 Å². The van der Waals surface area contributed by atoms with Crippen molar-refractivity contribution in [2.45, 2.75) is 238 Å². The molecule has 0 aliphatic carbocycles. The Bertz CT molecular complexity index is 1380. The number of phosphoric acid groups is 1. The lowest BCUT2D eigenvalue weighted by molar-refractivity contribution is -0.870. The monoisotopic (exact) mass is 975 g/mol. The largest absolute Gasteiger partial charge is 0.472 e. The fraction of sp³-hybridized carbons (Fsp3) is 0.759. The molecule has 0 radical (unpaired) electrons. The lowest BCUT2D eigenvalue weighted by atomic mass is 10.0. The Morgan fingerprint density at radius 1 is 0.471 bits per heavy atom. The van der Waals surface area contributed by atoms with Crippen molar-refractivity contribution in [3.63, 3.8) is 0 Å². The SMILES string of the molecule is CC/C=C\C/C=C\C/C=C\C/C=C\CCCCCCCCC(=O)OC(COC(=O)CCCCCCCCCCCCCCC/C=C\C/C=C\CCCCCCC)COP(=O)(O)OCC[N+](C)(C)C. The predicted molar refractivity (Wildman–Crippen MR) is 289 cm³/mol. The summed E-state index contributed by atoms with van der Waals surface area (Å²) in [7, 11) is 1.46. The predicted octanol–water partition coefficient (Wildman–Crippen LogP) is 16.9. The molecule has 0 aromatic heterocycles. The minimum Gasteiger partial charge on any atom is -0.462 e. The second kappa shape index (κ2) is 49.4. The van der Waals surface area contributed by atoms with E-state index in [1.54, 1.807) is 0 Å². The van der Waals surface area contributed by atoms with E-state index in [0.717, 1.165) is 89.9 Å². The van der Waals surface area contributed by atoms with Gasteiger partial charge in [0.05, 0.1) is 27.7 Å². The van der Waals surface area contributed by atoms with Crippen molar-refractivity contribution in [1.29, 1.82) is 0 Å². The van der Waals surface area contributed by atoms with Crippen molar-refractivity contribution in [2.75, 3.05) is 47.5 Å². The molecule has 0 aromatic carbocycles. The molecule has 0 saturated heterocycles. The zero-order chi connectivity index (χ0) is 49.9. The van der Waals surface area contributed by atoms with Gasteiger partial charge >= 0.3 is 19.8 Å². The van der Waals surface area contributed by atoms with E-state index >= 15 is 0 Å². The number of carbonyl (C=O) groups is 2. The number of likely N-dealkylation sites (N-methyl/N-ethyl adjacent to an activating group) is 1. The van der Waals surface area contributed by atoms with Crippen LogP contribution >= 0.6 is 7.82 Å². The third-order valence-electron chi connectivity index (χ3n) is 11.7. The Morgan fingerprint density at radius 3 is 1.25 bits per heavy atom. The maximum atomic E-state index is 12.8. The Hall–Kier alpha value is -2.55. The molecule has 0 bridgehead atoms. The summed E-state index contributed by atoms with van der Waals surface area (Å²) in [4.78, 5) is 35.6. The van der Waals surface area contributed by atoms with E-state index in [4.69, 9.17) is 18.5 Å². The van der Waals surface area contributed by atoms with E-state index in [2.05, 4.69) is 86.8 Å². The molecule has 10 heteroatoms. The first-order chi connectivity index (χ1) is 33.0. The number of rotatable bonds is 50. The van der Waals surface area contributed by atoms with Gasteiger partial charge in [-0.05, 0) is 83.5 Å². The fourth-order valence-electron chi connectivity index (χ4n) is 7.45. The number of quaternary nitrogens is 1. The Balaban J connectivity index is 4.20. The fourth-order valence-corrected chi connectivity index (χ4v) is 8.19. The van der Waals surface area contributed by atoms with Crippen molar-refractivity contribution in [1.82, 2.24) is 0 Å². The minimum absolute atomic E-state index is 0.0258. The highest BCUT2D eigenvalue weighted by Crippen LogP contribution is 2.43. The van der Waals surface area contributed by atoms with Gasteiger partial charge in [0, 0.05) is 12.8 Å². The van der Waals surface area contributed by atoms with Crippen LogP contribution in [0.1, 0.15) is 232 Å². The zero-order valence-electron chi connectivity index (χ0n) is 44.6. The molecule has 0 amide bonds. The number of allylic oxidation sites excluding steroid dienone is 12. The Morgan fingerprint density at radius 2 is 0.838 bits per heavy atom. The second-order valence-electron chi connectivity index (χ2n) is 19.6. The molecule has 2 unspecified atom stereocenters. The number of hydrogen-bond acceptors (Lipinski definition) is 7. The molecule has 0 aliphatic heterocycles. The van der Waals surface area contributed by atoms with E-state index in [1.807, 2.05) is 21.1 Å². The number of unbranched alkanes of at least 4 members (excludes halogenated alkanes) is 24. The van der Waals surface area contributed by atoms with Crippen LogP contribution in [0.2, 0.25) is 0 Å². The van der Waals surface area contributed by atoms with Crippen molar-refractivity contribution in [3.8, 4) is 0 Å². The first kappa shape index (κ1) is 65.5. The summed E-state index contributed by atoms with van der Waals surface area (Å²) in [5.74, 6) is -0.813. The molecule has 68 heavy (non-hydrogen) atoms. The molecule has 0 rings (SSSR count). The molecule has 394 valence electrons. The van der Waals surface area contributed by atoms with Crippen molar-refractivity contribution >= 4 is 19.8 Å². The average Bonchev–Trinajstić information content (AvgIpc) is 3.30. The number of phosphoric ester groups is 1. The van der Waals surface area contributed by atoms with Crippen molar-refractivity contribution in [2.24, 2.45) is 0 Å². The second-order valence-corrected chi connectivity index (χ2v) is 21.0. The highest BCUT2D eigenvalue weighted by molar-refractivity contribution is 7.47. The Labute approximate surface area is 418 Å². The zero-order valence-corrected chi connectivity index (χ0v) is 45.5. The third kappa shape index (κ3) is 52.8. The normalized spacial score (nSPS) is 13.9. The molecule has 1 N–H and O–H groups in total. The maximum Gasteiger partial charge on any atom is 0.472 e. The Kier molecular flexibility index (Phi) is 47.6. The van der Waals surface area contributed by atoms with Gasteiger partial charge in [-0.1, -0.05) is 209 Å². The van der Waals surface area contributed by atoms with E-state index in [-0.39, 0.29) is 32.0 Å². The average molecular weight is 975 g/mol. The molecule has 2 atom stereocenters. The van der Waals surface area contributed by atoms with E-state index in [0.29, 0.717) is 17.4 Å². The van der Waals surface area contributed by atoms with Gasteiger partial charge in [-0.2, -0.15) is 0 Å². The summed E-state index contributed by atoms with van der Waals surface area (Å²) in [6, 6.07) is 0. The standard InChI is InChI=1S/C58H104NO8P/c1-6-8-10-12-14-16-18-20-22-24-26-27-28-29-30-31-33-34-36-38-40-42-44-46-48-50-57(60)64-54-56(55-66-68(62,63)65-53-52-59(3,4)5)67-58(61)51-49-47-45-43-41-39-37-35-32-25-23-21-19-17-15-13-11-9-7-2/h9,11,15,17-18,20-21,23-24,26,32,35,56H,6-8,10,12-14,16,19,22,25,27-31,33-34,36-55H2,1-5H3/p+1/b11-9-,17-15-,20-18-,23-21-,26-24-,35-32-. The highest BCUT2D eigenvalue weighted by Gasteiger charge is 2.27. The first-order valence-electron chi connectivity index (χ1n) is 27.7. The lowest BCUT2D eigenvalue weighted by Gasteiger charge is -2.24. The van der Waals surface area contributed by atoms with Crippen LogP contribution in [0.25, 0.3) is 0 Å².